The van der Waals surface area contributed by atoms with Crippen molar-refractivity contribution in [2.24, 2.45) is 0 Å². The molecule has 0 saturated carbocycles. The smallest absolute Gasteiger partial charge is 0.243 e. The van der Waals surface area contributed by atoms with Crippen LogP contribution in [-0.2, 0) is 9.59 Å². The number of hydrogen-bond donors (Lipinski definition) is 3. The van der Waals surface area contributed by atoms with E-state index in [0.717, 1.165) is 6.42 Å². The van der Waals surface area contributed by atoms with Crippen molar-refractivity contribution in [3.63, 3.8) is 0 Å². The minimum absolute atomic E-state index is 0.0993. The summed E-state index contributed by atoms with van der Waals surface area (Å²) >= 11 is 4.01. The number of likely N-dealkylation sites (N-methyl/N-ethyl adjacent to an activating group) is 1. The Morgan fingerprint density at radius 2 is 2.00 bits per heavy atom. The van der Waals surface area contributed by atoms with Gasteiger partial charge in [-0.3, -0.25) is 9.59 Å². The number of rotatable bonds is 6. The molecule has 0 radical (unpaired) electrons. The molecular weight excluding hydrogens is 200 g/mol. The van der Waals surface area contributed by atoms with Crippen LogP contribution in [0.4, 0.5) is 0 Å². The summed E-state index contributed by atoms with van der Waals surface area (Å²) in [6.07, 6.45) is 1.23. The van der Waals surface area contributed by atoms with Crippen LogP contribution in [0.5, 0.6) is 0 Å². The summed E-state index contributed by atoms with van der Waals surface area (Å²) in [5, 5.41) is 5.27. The molecule has 0 rings (SSSR count). The zero-order valence-electron chi connectivity index (χ0n) is 8.67. The van der Waals surface area contributed by atoms with Crippen molar-refractivity contribution >= 4 is 24.4 Å². The molecule has 82 valence electrons. The fourth-order valence-electron chi connectivity index (χ4n) is 0.985. The Morgan fingerprint density at radius 1 is 1.36 bits per heavy atom. The molecule has 0 aliphatic carbocycles. The second-order valence-corrected chi connectivity index (χ2v) is 3.31. The average molecular weight is 218 g/mol. The van der Waals surface area contributed by atoms with Crippen LogP contribution < -0.4 is 10.6 Å². The Labute approximate surface area is 90.2 Å². The molecule has 0 aromatic heterocycles. The highest BCUT2D eigenvalue weighted by Crippen LogP contribution is 1.92. The second-order valence-electron chi connectivity index (χ2n) is 2.95. The van der Waals surface area contributed by atoms with Crippen LogP contribution in [-0.4, -0.2) is 30.2 Å². The molecule has 0 fully saturated rings. The van der Waals surface area contributed by atoms with E-state index in [2.05, 4.69) is 23.3 Å². The van der Waals surface area contributed by atoms with Crippen molar-refractivity contribution in [3.05, 3.63) is 0 Å². The van der Waals surface area contributed by atoms with Crippen molar-refractivity contribution in [1.29, 1.82) is 0 Å². The van der Waals surface area contributed by atoms with Crippen LogP contribution in [0.3, 0.4) is 0 Å². The van der Waals surface area contributed by atoms with Gasteiger partial charge in [0.2, 0.25) is 11.8 Å². The molecule has 2 N–H and O–H groups in total. The van der Waals surface area contributed by atoms with Gasteiger partial charge >= 0.3 is 0 Å². The molecule has 0 heterocycles. The molecule has 0 spiro atoms. The lowest BCUT2D eigenvalue weighted by atomic mass is 10.2. The summed E-state index contributed by atoms with van der Waals surface area (Å²) in [7, 11) is 0. The Kier molecular flexibility index (Phi) is 7.28. The summed E-state index contributed by atoms with van der Waals surface area (Å²) in [6.45, 7) is 4.31. The zero-order chi connectivity index (χ0) is 11.0. The fourth-order valence-corrected chi connectivity index (χ4v) is 1.24. The molecule has 0 unspecified atom stereocenters. The largest absolute Gasteiger partial charge is 0.355 e. The van der Waals surface area contributed by atoms with Crippen LogP contribution in [0.25, 0.3) is 0 Å². The second kappa shape index (κ2) is 7.67. The van der Waals surface area contributed by atoms with E-state index in [-0.39, 0.29) is 11.8 Å². The number of nitrogens with one attached hydrogen (secondary N) is 2. The monoisotopic (exact) mass is 218 g/mol. The molecular formula is C9H18N2O2S. The van der Waals surface area contributed by atoms with Crippen molar-refractivity contribution < 1.29 is 9.59 Å². The van der Waals surface area contributed by atoms with Crippen LogP contribution in [0.1, 0.15) is 26.7 Å². The first-order valence-corrected chi connectivity index (χ1v) is 5.46. The third-order valence-corrected chi connectivity index (χ3v) is 2.03. The molecule has 0 aliphatic rings. The molecule has 0 bridgehead atoms. The summed E-state index contributed by atoms with van der Waals surface area (Å²) in [5.74, 6) is 0.0473. The number of amides is 2. The van der Waals surface area contributed by atoms with Crippen molar-refractivity contribution in [3.8, 4) is 0 Å². The van der Waals surface area contributed by atoms with Gasteiger partial charge in [0.1, 0.15) is 6.04 Å². The van der Waals surface area contributed by atoms with Gasteiger partial charge < -0.3 is 10.6 Å². The van der Waals surface area contributed by atoms with Gasteiger partial charge in [-0.2, -0.15) is 12.6 Å². The van der Waals surface area contributed by atoms with Crippen molar-refractivity contribution in [2.45, 2.75) is 32.7 Å². The fraction of sp³-hybridized carbons (Fsp3) is 0.778. The van der Waals surface area contributed by atoms with Crippen LogP contribution in [0, 0.1) is 0 Å². The Bertz CT molecular complexity index is 197. The summed E-state index contributed by atoms with van der Waals surface area (Å²) in [6, 6.07) is -0.516. The van der Waals surface area contributed by atoms with Gasteiger partial charge in [-0.25, -0.2) is 0 Å². The Balaban J connectivity index is 4.01. The highest BCUT2D eigenvalue weighted by molar-refractivity contribution is 7.80. The SMILES string of the molecule is CCCC(=O)N[C@@H](CS)C(=O)NCC. The van der Waals surface area contributed by atoms with Gasteiger partial charge in [-0.1, -0.05) is 6.92 Å². The zero-order valence-corrected chi connectivity index (χ0v) is 9.56. The maximum absolute atomic E-state index is 11.3. The van der Waals surface area contributed by atoms with Gasteiger partial charge in [-0.05, 0) is 13.3 Å². The maximum Gasteiger partial charge on any atom is 0.243 e. The van der Waals surface area contributed by atoms with Crippen LogP contribution in [0.15, 0.2) is 0 Å². The molecule has 0 aromatic carbocycles. The van der Waals surface area contributed by atoms with E-state index in [1.165, 1.54) is 0 Å². The summed E-state index contributed by atoms with van der Waals surface area (Å²) in [5.41, 5.74) is 0. The first kappa shape index (κ1) is 13.3. The molecule has 4 nitrogen and oxygen atoms in total. The lowest BCUT2D eigenvalue weighted by Crippen LogP contribution is -2.47. The number of thiol groups is 1. The van der Waals surface area contributed by atoms with E-state index in [9.17, 15) is 9.59 Å². The van der Waals surface area contributed by atoms with E-state index in [0.29, 0.717) is 18.7 Å². The van der Waals surface area contributed by atoms with Crippen LogP contribution >= 0.6 is 12.6 Å². The minimum atomic E-state index is -0.516. The first-order chi connectivity index (χ1) is 6.65. The number of hydrogen-bond acceptors (Lipinski definition) is 3. The summed E-state index contributed by atoms with van der Waals surface area (Å²) in [4.78, 5) is 22.5. The third-order valence-electron chi connectivity index (χ3n) is 1.66. The number of carbonyl (C=O) groups excluding carboxylic acids is 2. The van der Waals surface area contributed by atoms with Crippen molar-refractivity contribution in [2.75, 3.05) is 12.3 Å². The lowest BCUT2D eigenvalue weighted by molar-refractivity contribution is -0.128. The van der Waals surface area contributed by atoms with Gasteiger partial charge in [0, 0.05) is 18.7 Å². The van der Waals surface area contributed by atoms with E-state index in [1.807, 2.05) is 13.8 Å². The normalized spacial score (nSPS) is 11.9. The molecule has 0 aromatic rings. The highest BCUT2D eigenvalue weighted by Gasteiger charge is 2.17. The van der Waals surface area contributed by atoms with E-state index in [1.54, 1.807) is 0 Å². The quantitative estimate of drug-likeness (QED) is 0.563. The van der Waals surface area contributed by atoms with Gasteiger partial charge in [0.15, 0.2) is 0 Å². The Hall–Kier alpha value is -0.710. The number of carbonyl (C=O) groups is 2. The third kappa shape index (κ3) is 5.11. The molecule has 5 heteroatoms. The molecule has 2 amide bonds. The van der Waals surface area contributed by atoms with E-state index in [4.69, 9.17) is 0 Å². The van der Waals surface area contributed by atoms with Crippen LogP contribution in [0.2, 0.25) is 0 Å². The van der Waals surface area contributed by atoms with Crippen molar-refractivity contribution in [1.82, 2.24) is 10.6 Å². The summed E-state index contributed by atoms with van der Waals surface area (Å²) < 4.78 is 0. The average Bonchev–Trinajstić information content (AvgIpc) is 2.15. The van der Waals surface area contributed by atoms with E-state index < -0.39 is 6.04 Å². The predicted octanol–water partition coefficient (Wildman–Crippen LogP) is 0.337. The van der Waals surface area contributed by atoms with Gasteiger partial charge in [0.25, 0.3) is 0 Å². The predicted molar refractivity (Wildman–Crippen MR) is 59.4 cm³/mol. The molecule has 0 aliphatic heterocycles. The van der Waals surface area contributed by atoms with E-state index >= 15 is 0 Å². The minimum Gasteiger partial charge on any atom is -0.355 e. The molecule has 14 heavy (non-hydrogen) atoms. The standard InChI is InChI=1S/C9H18N2O2S/c1-3-5-8(12)11-7(6-14)9(13)10-4-2/h7,14H,3-6H2,1-2H3,(H,10,13)(H,11,12)/t7-/m0/s1. The maximum atomic E-state index is 11.3. The highest BCUT2D eigenvalue weighted by atomic mass is 32.1. The first-order valence-electron chi connectivity index (χ1n) is 4.83. The topological polar surface area (TPSA) is 58.2 Å². The molecule has 1 atom stereocenters. The Morgan fingerprint density at radius 3 is 2.43 bits per heavy atom. The molecule has 0 saturated heterocycles. The van der Waals surface area contributed by atoms with Gasteiger partial charge in [-0.15, -0.1) is 0 Å². The van der Waals surface area contributed by atoms with Gasteiger partial charge in [0.05, 0.1) is 0 Å². The lowest BCUT2D eigenvalue weighted by Gasteiger charge is -2.15.